The van der Waals surface area contributed by atoms with Gasteiger partial charge in [0.25, 0.3) is 0 Å². The van der Waals surface area contributed by atoms with E-state index < -0.39 is 11.9 Å². The first kappa shape index (κ1) is 15.1. The summed E-state index contributed by atoms with van der Waals surface area (Å²) in [5.74, 6) is -0.668. The van der Waals surface area contributed by atoms with E-state index in [0.29, 0.717) is 6.54 Å². The zero-order chi connectivity index (χ0) is 14.1. The maximum atomic E-state index is 11.5. The predicted octanol–water partition coefficient (Wildman–Crippen LogP) is -0.607. The minimum atomic E-state index is -0.757. The van der Waals surface area contributed by atoms with E-state index in [1.54, 1.807) is 0 Å². The number of ether oxygens (including phenoxy) is 1. The van der Waals surface area contributed by atoms with Gasteiger partial charge in [0, 0.05) is 13.7 Å². The molecule has 6 heteroatoms. The Hall–Kier alpha value is -1.92. The zero-order valence-electron chi connectivity index (χ0n) is 10.9. The molecular formula is C13H19N3O3. The van der Waals surface area contributed by atoms with Crippen molar-refractivity contribution in [1.29, 1.82) is 0 Å². The molecule has 0 aliphatic carbocycles. The summed E-state index contributed by atoms with van der Waals surface area (Å²) >= 11 is 0. The predicted molar refractivity (Wildman–Crippen MR) is 71.1 cm³/mol. The van der Waals surface area contributed by atoms with Gasteiger partial charge in [0.1, 0.15) is 6.04 Å². The van der Waals surface area contributed by atoms with Gasteiger partial charge in [-0.1, -0.05) is 30.3 Å². The fraction of sp³-hybridized carbons (Fsp3) is 0.385. The Bertz CT molecular complexity index is 409. The van der Waals surface area contributed by atoms with E-state index in [9.17, 15) is 9.59 Å². The first-order valence-electron chi connectivity index (χ1n) is 5.96. The van der Waals surface area contributed by atoms with Crippen LogP contribution in [0.3, 0.4) is 0 Å². The monoisotopic (exact) mass is 265 g/mol. The maximum Gasteiger partial charge on any atom is 0.239 e. The van der Waals surface area contributed by atoms with Gasteiger partial charge in [0.15, 0.2) is 0 Å². The van der Waals surface area contributed by atoms with Gasteiger partial charge in [-0.05, 0) is 5.56 Å². The van der Waals surface area contributed by atoms with Gasteiger partial charge >= 0.3 is 0 Å². The van der Waals surface area contributed by atoms with Gasteiger partial charge in [-0.25, -0.2) is 0 Å². The van der Waals surface area contributed by atoms with Crippen LogP contribution in [0.2, 0.25) is 0 Å². The van der Waals surface area contributed by atoms with E-state index >= 15 is 0 Å². The van der Waals surface area contributed by atoms with Gasteiger partial charge in [-0.15, -0.1) is 0 Å². The molecule has 1 aromatic carbocycles. The minimum Gasteiger partial charge on any atom is -0.383 e. The van der Waals surface area contributed by atoms with Crippen LogP contribution in [0.4, 0.5) is 0 Å². The van der Waals surface area contributed by atoms with Crippen molar-refractivity contribution >= 4 is 11.8 Å². The molecule has 0 spiro atoms. The fourth-order valence-electron chi connectivity index (χ4n) is 1.41. The Morgan fingerprint density at radius 3 is 2.58 bits per heavy atom. The summed E-state index contributed by atoms with van der Waals surface area (Å²) in [7, 11) is 1.46. The van der Waals surface area contributed by atoms with Crippen LogP contribution in [0.5, 0.6) is 0 Å². The lowest BCUT2D eigenvalue weighted by Gasteiger charge is -2.11. The molecule has 1 unspecified atom stereocenters. The summed E-state index contributed by atoms with van der Waals surface area (Å²) in [4.78, 5) is 22.9. The van der Waals surface area contributed by atoms with Crippen LogP contribution in [0.15, 0.2) is 30.3 Å². The summed E-state index contributed by atoms with van der Waals surface area (Å²) in [5, 5.41) is 5.15. The second kappa shape index (κ2) is 8.23. The fourth-order valence-corrected chi connectivity index (χ4v) is 1.41. The number of hydrogen-bond acceptors (Lipinski definition) is 4. The van der Waals surface area contributed by atoms with Gasteiger partial charge < -0.3 is 21.1 Å². The van der Waals surface area contributed by atoms with Crippen molar-refractivity contribution in [3.05, 3.63) is 35.9 Å². The molecule has 0 fully saturated rings. The summed E-state index contributed by atoms with van der Waals surface area (Å²) in [6.45, 7) is 0.459. The number of hydrogen-bond donors (Lipinski definition) is 3. The highest BCUT2D eigenvalue weighted by Gasteiger charge is 2.13. The van der Waals surface area contributed by atoms with Crippen LogP contribution >= 0.6 is 0 Å². The molecule has 1 rings (SSSR count). The lowest BCUT2D eigenvalue weighted by Crippen LogP contribution is -2.46. The van der Waals surface area contributed by atoms with Crippen molar-refractivity contribution in [1.82, 2.24) is 10.6 Å². The van der Waals surface area contributed by atoms with E-state index in [1.165, 1.54) is 7.11 Å². The van der Waals surface area contributed by atoms with E-state index in [0.717, 1.165) is 5.56 Å². The Morgan fingerprint density at radius 1 is 1.26 bits per heavy atom. The molecule has 19 heavy (non-hydrogen) atoms. The van der Waals surface area contributed by atoms with Crippen LogP contribution < -0.4 is 16.4 Å². The van der Waals surface area contributed by atoms with Crippen molar-refractivity contribution in [2.75, 3.05) is 20.3 Å². The number of nitrogens with two attached hydrogens (primary N) is 1. The highest BCUT2D eigenvalue weighted by atomic mass is 16.5. The molecule has 0 bridgehead atoms. The van der Waals surface area contributed by atoms with Crippen molar-refractivity contribution in [2.24, 2.45) is 5.73 Å². The van der Waals surface area contributed by atoms with Crippen molar-refractivity contribution < 1.29 is 14.3 Å². The molecular weight excluding hydrogens is 246 g/mol. The molecule has 0 saturated carbocycles. The second-order valence-electron chi connectivity index (χ2n) is 4.04. The minimum absolute atomic E-state index is 0.0942. The van der Waals surface area contributed by atoms with Crippen molar-refractivity contribution in [3.8, 4) is 0 Å². The van der Waals surface area contributed by atoms with Crippen molar-refractivity contribution in [2.45, 2.75) is 12.6 Å². The second-order valence-corrected chi connectivity index (χ2v) is 4.04. The quantitative estimate of drug-likeness (QED) is 0.613. The lowest BCUT2D eigenvalue weighted by atomic mass is 10.2. The topological polar surface area (TPSA) is 93.4 Å². The largest absolute Gasteiger partial charge is 0.383 e. The Morgan fingerprint density at radius 2 is 1.95 bits per heavy atom. The maximum absolute atomic E-state index is 11.5. The van der Waals surface area contributed by atoms with E-state index in [2.05, 4.69) is 10.6 Å². The summed E-state index contributed by atoms with van der Waals surface area (Å²) < 4.78 is 4.75. The van der Waals surface area contributed by atoms with Gasteiger partial charge in [-0.2, -0.15) is 0 Å². The average Bonchev–Trinajstić information content (AvgIpc) is 2.43. The van der Waals surface area contributed by atoms with Crippen LogP contribution in [0, 0.1) is 0 Å². The number of amides is 2. The molecule has 2 amide bonds. The van der Waals surface area contributed by atoms with Crippen LogP contribution in [0.25, 0.3) is 0 Å². The number of carbonyl (C=O) groups is 2. The highest BCUT2D eigenvalue weighted by molar-refractivity contribution is 5.87. The number of methoxy groups -OCH3 is 1. The third-order valence-corrected chi connectivity index (χ3v) is 2.44. The van der Waals surface area contributed by atoms with Gasteiger partial charge in [0.05, 0.1) is 13.2 Å². The first-order valence-corrected chi connectivity index (χ1v) is 5.96. The number of nitrogens with one attached hydrogen (secondary N) is 2. The van der Waals surface area contributed by atoms with E-state index in [4.69, 9.17) is 10.5 Å². The number of carbonyl (C=O) groups excluding carboxylic acids is 2. The molecule has 104 valence electrons. The highest BCUT2D eigenvalue weighted by Crippen LogP contribution is 1.96. The average molecular weight is 265 g/mol. The molecule has 1 atom stereocenters. The molecule has 1 aromatic rings. The molecule has 0 aliphatic heterocycles. The molecule has 0 heterocycles. The van der Waals surface area contributed by atoms with Crippen LogP contribution in [-0.4, -0.2) is 38.1 Å². The normalized spacial score (nSPS) is 11.7. The SMILES string of the molecule is COCC(N)C(=O)NCC(=O)NCc1ccccc1. The summed E-state index contributed by atoms with van der Waals surface area (Å²) in [6, 6.07) is 8.76. The van der Waals surface area contributed by atoms with Crippen LogP contribution in [0.1, 0.15) is 5.56 Å². The lowest BCUT2D eigenvalue weighted by molar-refractivity contribution is -0.127. The Kier molecular flexibility index (Phi) is 6.56. The standard InChI is InChI=1S/C13H19N3O3/c1-19-9-11(14)13(18)16-8-12(17)15-7-10-5-3-2-4-6-10/h2-6,11H,7-9,14H2,1H3,(H,15,17)(H,16,18). The first-order chi connectivity index (χ1) is 9.13. The van der Waals surface area contributed by atoms with E-state index in [1.807, 2.05) is 30.3 Å². The number of rotatable bonds is 7. The Labute approximate surface area is 112 Å². The molecule has 6 nitrogen and oxygen atoms in total. The van der Waals surface area contributed by atoms with Crippen molar-refractivity contribution in [3.63, 3.8) is 0 Å². The third kappa shape index (κ3) is 5.98. The molecule has 0 radical (unpaired) electrons. The summed E-state index contributed by atoms with van der Waals surface area (Å²) in [5.41, 5.74) is 6.51. The molecule has 4 N–H and O–H groups in total. The van der Waals surface area contributed by atoms with Gasteiger partial charge in [-0.3, -0.25) is 9.59 Å². The van der Waals surface area contributed by atoms with Gasteiger partial charge in [0.2, 0.25) is 11.8 Å². The molecule has 0 aliphatic rings. The van der Waals surface area contributed by atoms with Crippen LogP contribution in [-0.2, 0) is 20.9 Å². The molecule has 0 aromatic heterocycles. The smallest absolute Gasteiger partial charge is 0.239 e. The third-order valence-electron chi connectivity index (χ3n) is 2.44. The Balaban J connectivity index is 2.23. The number of benzene rings is 1. The summed E-state index contributed by atoms with van der Waals surface area (Å²) in [6.07, 6.45) is 0. The van der Waals surface area contributed by atoms with E-state index in [-0.39, 0.29) is 19.1 Å². The molecule has 0 saturated heterocycles. The zero-order valence-corrected chi connectivity index (χ0v) is 10.9.